The first kappa shape index (κ1) is 10.7. The number of allylic oxidation sites excluding steroid dienone is 3. The second kappa shape index (κ2) is 5.36. The first-order chi connectivity index (χ1) is 7.38. The first-order valence-electron chi connectivity index (χ1n) is 6.14. The molecule has 1 aliphatic carbocycles. The molecule has 0 radical (unpaired) electrons. The summed E-state index contributed by atoms with van der Waals surface area (Å²) in [5.74, 6) is 1.09. The van der Waals surface area contributed by atoms with E-state index in [-0.39, 0.29) is 0 Å². The maximum atomic E-state index is 5.97. The Kier molecular flexibility index (Phi) is 3.84. The maximum absolute atomic E-state index is 5.97. The summed E-state index contributed by atoms with van der Waals surface area (Å²) < 4.78 is 5.97. The molecule has 0 bridgehead atoms. The standard InChI is InChI=1S/C13H21NO/c1-2-14-10-8-13(9-11-14)15-12-6-4-3-5-7-12/h4,6-7,13H,2-3,5,8-11H2,1H3. The van der Waals surface area contributed by atoms with E-state index in [1.54, 1.807) is 0 Å². The molecule has 0 amide bonds. The van der Waals surface area contributed by atoms with Gasteiger partial charge in [0.25, 0.3) is 0 Å². The molecular formula is C13H21NO. The summed E-state index contributed by atoms with van der Waals surface area (Å²) >= 11 is 0. The van der Waals surface area contributed by atoms with Crippen molar-refractivity contribution in [3.8, 4) is 0 Å². The van der Waals surface area contributed by atoms with E-state index < -0.39 is 0 Å². The molecule has 2 heteroatoms. The molecule has 0 aromatic heterocycles. The minimum Gasteiger partial charge on any atom is -0.491 e. The molecule has 2 aliphatic rings. The first-order valence-corrected chi connectivity index (χ1v) is 6.14. The van der Waals surface area contributed by atoms with Crippen molar-refractivity contribution < 1.29 is 4.74 Å². The molecule has 1 saturated heterocycles. The van der Waals surface area contributed by atoms with Gasteiger partial charge in [-0.05, 0) is 44.4 Å². The lowest BCUT2D eigenvalue weighted by molar-refractivity contribution is 0.0568. The SMILES string of the molecule is CCN1CCC(OC2=CCCC=C2)CC1. The number of ether oxygens (including phenoxy) is 1. The molecule has 0 unspecified atom stereocenters. The number of rotatable bonds is 3. The van der Waals surface area contributed by atoms with Crippen LogP contribution in [0.2, 0.25) is 0 Å². The summed E-state index contributed by atoms with van der Waals surface area (Å²) in [5, 5.41) is 0. The molecule has 84 valence electrons. The second-order valence-corrected chi connectivity index (χ2v) is 4.34. The van der Waals surface area contributed by atoms with Gasteiger partial charge < -0.3 is 9.64 Å². The Morgan fingerprint density at radius 3 is 2.73 bits per heavy atom. The Labute approximate surface area is 92.6 Å². The van der Waals surface area contributed by atoms with Gasteiger partial charge in [-0.1, -0.05) is 13.0 Å². The molecule has 0 saturated carbocycles. The summed E-state index contributed by atoms with van der Waals surface area (Å²) in [4.78, 5) is 2.49. The molecule has 0 aromatic carbocycles. The Bertz CT molecular complexity index is 249. The van der Waals surface area contributed by atoms with Gasteiger partial charge in [0.15, 0.2) is 0 Å². The maximum Gasteiger partial charge on any atom is 0.115 e. The predicted molar refractivity (Wildman–Crippen MR) is 62.7 cm³/mol. The third-order valence-corrected chi connectivity index (χ3v) is 3.25. The Balaban J connectivity index is 1.76. The predicted octanol–water partition coefficient (Wildman–Crippen LogP) is 2.72. The Hall–Kier alpha value is -0.760. The van der Waals surface area contributed by atoms with Crippen molar-refractivity contribution in [2.24, 2.45) is 0 Å². The molecule has 1 fully saturated rings. The largest absolute Gasteiger partial charge is 0.491 e. The van der Waals surface area contributed by atoms with Gasteiger partial charge in [-0.15, -0.1) is 0 Å². The number of piperidine rings is 1. The van der Waals surface area contributed by atoms with Crippen molar-refractivity contribution in [3.05, 3.63) is 24.0 Å². The molecule has 15 heavy (non-hydrogen) atoms. The van der Waals surface area contributed by atoms with Crippen LogP contribution in [0.4, 0.5) is 0 Å². The van der Waals surface area contributed by atoms with Gasteiger partial charge in [-0.2, -0.15) is 0 Å². The van der Waals surface area contributed by atoms with Gasteiger partial charge in [0.05, 0.1) is 0 Å². The molecular weight excluding hydrogens is 186 g/mol. The van der Waals surface area contributed by atoms with Crippen LogP contribution in [-0.2, 0) is 4.74 Å². The molecule has 0 atom stereocenters. The van der Waals surface area contributed by atoms with Crippen molar-refractivity contribution in [2.45, 2.75) is 38.7 Å². The van der Waals surface area contributed by atoms with Crippen LogP contribution in [0.15, 0.2) is 24.0 Å². The van der Waals surface area contributed by atoms with Crippen molar-refractivity contribution >= 4 is 0 Å². The lowest BCUT2D eigenvalue weighted by Gasteiger charge is -2.31. The van der Waals surface area contributed by atoms with E-state index in [1.165, 1.54) is 38.9 Å². The lowest BCUT2D eigenvalue weighted by Crippen LogP contribution is -2.36. The zero-order valence-electron chi connectivity index (χ0n) is 9.61. The third kappa shape index (κ3) is 3.10. The van der Waals surface area contributed by atoms with Crippen molar-refractivity contribution in [1.29, 1.82) is 0 Å². The molecule has 2 rings (SSSR count). The summed E-state index contributed by atoms with van der Waals surface area (Å²) in [5.41, 5.74) is 0. The van der Waals surface area contributed by atoms with E-state index in [0.29, 0.717) is 6.10 Å². The van der Waals surface area contributed by atoms with Crippen LogP contribution in [0.1, 0.15) is 32.6 Å². The monoisotopic (exact) mass is 207 g/mol. The quantitative estimate of drug-likeness (QED) is 0.705. The van der Waals surface area contributed by atoms with Crippen LogP contribution < -0.4 is 0 Å². The smallest absolute Gasteiger partial charge is 0.115 e. The van der Waals surface area contributed by atoms with Gasteiger partial charge in [-0.3, -0.25) is 0 Å². The summed E-state index contributed by atoms with van der Waals surface area (Å²) in [6.45, 7) is 5.79. The molecule has 0 spiro atoms. The highest BCUT2D eigenvalue weighted by molar-refractivity contribution is 5.16. The Morgan fingerprint density at radius 2 is 2.13 bits per heavy atom. The number of nitrogens with zero attached hydrogens (tertiary/aromatic N) is 1. The lowest BCUT2D eigenvalue weighted by atomic mass is 10.1. The van der Waals surface area contributed by atoms with Crippen LogP contribution >= 0.6 is 0 Å². The second-order valence-electron chi connectivity index (χ2n) is 4.34. The molecule has 1 heterocycles. The summed E-state index contributed by atoms with van der Waals surface area (Å²) in [6, 6.07) is 0. The van der Waals surface area contributed by atoms with Gasteiger partial charge in [-0.25, -0.2) is 0 Å². The topological polar surface area (TPSA) is 12.5 Å². The average molecular weight is 207 g/mol. The highest BCUT2D eigenvalue weighted by Crippen LogP contribution is 2.19. The molecule has 1 aliphatic heterocycles. The molecule has 2 nitrogen and oxygen atoms in total. The van der Waals surface area contributed by atoms with Crippen molar-refractivity contribution in [2.75, 3.05) is 19.6 Å². The Morgan fingerprint density at radius 1 is 1.33 bits per heavy atom. The van der Waals surface area contributed by atoms with E-state index in [0.717, 1.165) is 12.2 Å². The van der Waals surface area contributed by atoms with Crippen LogP contribution in [0, 0.1) is 0 Å². The summed E-state index contributed by atoms with van der Waals surface area (Å²) in [7, 11) is 0. The van der Waals surface area contributed by atoms with Gasteiger partial charge in [0.2, 0.25) is 0 Å². The van der Waals surface area contributed by atoms with Gasteiger partial charge in [0.1, 0.15) is 11.9 Å². The normalized spacial score (nSPS) is 23.9. The van der Waals surface area contributed by atoms with E-state index in [9.17, 15) is 0 Å². The van der Waals surface area contributed by atoms with Crippen LogP contribution in [0.5, 0.6) is 0 Å². The highest BCUT2D eigenvalue weighted by atomic mass is 16.5. The minimum atomic E-state index is 0.446. The fourth-order valence-corrected chi connectivity index (χ4v) is 2.21. The fourth-order valence-electron chi connectivity index (χ4n) is 2.21. The van der Waals surface area contributed by atoms with E-state index >= 15 is 0 Å². The van der Waals surface area contributed by atoms with Gasteiger partial charge >= 0.3 is 0 Å². The van der Waals surface area contributed by atoms with Crippen LogP contribution in [-0.4, -0.2) is 30.6 Å². The van der Waals surface area contributed by atoms with E-state index in [4.69, 9.17) is 4.74 Å². The number of hydrogen-bond acceptors (Lipinski definition) is 2. The highest BCUT2D eigenvalue weighted by Gasteiger charge is 2.19. The van der Waals surface area contributed by atoms with Crippen LogP contribution in [0.25, 0.3) is 0 Å². The van der Waals surface area contributed by atoms with Crippen molar-refractivity contribution in [1.82, 2.24) is 4.90 Å². The third-order valence-electron chi connectivity index (χ3n) is 3.25. The van der Waals surface area contributed by atoms with E-state index in [2.05, 4.69) is 30.1 Å². The molecule has 0 aromatic rings. The summed E-state index contributed by atoms with van der Waals surface area (Å²) in [6.07, 6.45) is 11.7. The zero-order chi connectivity index (χ0) is 10.5. The van der Waals surface area contributed by atoms with Crippen molar-refractivity contribution in [3.63, 3.8) is 0 Å². The van der Waals surface area contributed by atoms with E-state index in [1.807, 2.05) is 0 Å². The molecule has 0 N–H and O–H groups in total. The number of hydrogen-bond donors (Lipinski definition) is 0. The average Bonchev–Trinajstić information content (AvgIpc) is 2.31. The fraction of sp³-hybridized carbons (Fsp3) is 0.692. The van der Waals surface area contributed by atoms with Gasteiger partial charge in [0, 0.05) is 13.1 Å². The zero-order valence-corrected chi connectivity index (χ0v) is 9.61. The number of likely N-dealkylation sites (tertiary alicyclic amines) is 1. The van der Waals surface area contributed by atoms with Crippen LogP contribution in [0.3, 0.4) is 0 Å². The minimum absolute atomic E-state index is 0.446.